The maximum Gasteiger partial charge on any atom is 0.522 e. The highest BCUT2D eigenvalue weighted by Crippen LogP contribution is 2.65. The van der Waals surface area contributed by atoms with Gasteiger partial charge in [0.25, 0.3) is 0 Å². The van der Waals surface area contributed by atoms with Gasteiger partial charge in [-0.1, -0.05) is 0 Å². The molecule has 1 aromatic carbocycles. The number of nitrogens with one attached hydrogen (secondary N) is 1. The molecule has 6 rings (SSSR count). The molecule has 1 amide bonds. The van der Waals surface area contributed by atoms with Crippen molar-refractivity contribution in [3.05, 3.63) is 36.3 Å². The van der Waals surface area contributed by atoms with Crippen molar-refractivity contribution in [2.24, 2.45) is 0 Å². The van der Waals surface area contributed by atoms with Crippen molar-refractivity contribution < 1.29 is 45.7 Å². The van der Waals surface area contributed by atoms with Crippen LogP contribution in [0.4, 0.5) is 26.3 Å². The van der Waals surface area contributed by atoms with E-state index >= 15 is 0 Å². The Morgan fingerprint density at radius 2 is 1.83 bits per heavy atom. The van der Waals surface area contributed by atoms with Crippen molar-refractivity contribution in [1.29, 1.82) is 0 Å². The minimum absolute atomic E-state index is 0.0818. The van der Waals surface area contributed by atoms with Crippen LogP contribution in [0.2, 0.25) is 0 Å². The van der Waals surface area contributed by atoms with Crippen LogP contribution in [0, 0.1) is 0 Å². The second-order valence-corrected chi connectivity index (χ2v) is 9.57. The van der Waals surface area contributed by atoms with Crippen LogP contribution in [0.25, 0.3) is 11.3 Å². The number of benzene rings is 1. The number of aromatic hydroxyl groups is 1. The molecule has 0 atom stereocenters. The third-order valence-corrected chi connectivity index (χ3v) is 6.94. The molecular weight excluding hydrogens is 484 g/mol. The van der Waals surface area contributed by atoms with Crippen molar-refractivity contribution in [3.63, 3.8) is 0 Å². The number of hydrogen-bond acceptors (Lipinski definition) is 5. The number of aromatic nitrogens is 2. The summed E-state index contributed by atoms with van der Waals surface area (Å²) in [5, 5.41) is 13.0. The lowest BCUT2D eigenvalue weighted by Crippen LogP contribution is -2.78. The number of halogens is 6. The number of imidazole rings is 1. The van der Waals surface area contributed by atoms with Gasteiger partial charge >= 0.3 is 12.5 Å². The number of ether oxygens (including phenoxy) is 2. The van der Waals surface area contributed by atoms with Crippen molar-refractivity contribution >= 4 is 5.91 Å². The van der Waals surface area contributed by atoms with Gasteiger partial charge in [0.15, 0.2) is 0 Å². The van der Waals surface area contributed by atoms with Crippen LogP contribution in [0.5, 0.6) is 5.75 Å². The summed E-state index contributed by atoms with van der Waals surface area (Å²) >= 11 is 0. The van der Waals surface area contributed by atoms with Gasteiger partial charge in [-0.25, -0.2) is 4.98 Å². The minimum atomic E-state index is -4.68. The first-order valence-corrected chi connectivity index (χ1v) is 10.9. The molecule has 35 heavy (non-hydrogen) atoms. The molecule has 13 heteroatoms. The molecule has 2 aromatic rings. The van der Waals surface area contributed by atoms with Gasteiger partial charge in [-0.3, -0.25) is 9.53 Å². The third kappa shape index (κ3) is 4.58. The molecule has 4 saturated carbocycles. The Morgan fingerprint density at radius 3 is 2.43 bits per heavy atom. The number of rotatable bonds is 7. The van der Waals surface area contributed by atoms with Gasteiger partial charge in [-0.2, -0.15) is 13.2 Å². The molecule has 1 heterocycles. The Hall–Kier alpha value is -2.80. The second kappa shape index (κ2) is 7.85. The molecule has 4 aliphatic rings. The van der Waals surface area contributed by atoms with Crippen LogP contribution in [-0.2, 0) is 26.0 Å². The Labute approximate surface area is 195 Å². The molecule has 0 spiro atoms. The van der Waals surface area contributed by atoms with E-state index in [0.717, 1.165) is 6.07 Å². The summed E-state index contributed by atoms with van der Waals surface area (Å²) in [7, 11) is 0. The third-order valence-electron chi connectivity index (χ3n) is 6.94. The number of hydrogen-bond donors (Lipinski definition) is 2. The standard InChI is InChI=1S/C22H21F6N3O4/c23-21(24,25)12-1-2-15(17(32)3-12)16-6-31(11-29-16)20-8-19(9-20,10-20)30-18(33)7-34-13-4-14(5-13)35-22(26,27)28/h1-3,6,11,13-14,32H,4-5,7-10H2,(H,30,33)/t13-,14+,19?,20?. The molecule has 190 valence electrons. The molecule has 7 nitrogen and oxygen atoms in total. The molecule has 0 radical (unpaired) electrons. The van der Waals surface area contributed by atoms with Gasteiger partial charge in [0.1, 0.15) is 12.4 Å². The normalized spacial score (nSPS) is 29.7. The van der Waals surface area contributed by atoms with Gasteiger partial charge in [-0.05, 0) is 37.5 Å². The van der Waals surface area contributed by atoms with Crippen LogP contribution in [-0.4, -0.2) is 51.3 Å². The zero-order valence-electron chi connectivity index (χ0n) is 18.1. The number of nitrogens with zero attached hydrogens (tertiary/aromatic N) is 2. The summed E-state index contributed by atoms with van der Waals surface area (Å²) in [6, 6.07) is 2.72. The molecule has 0 unspecified atom stereocenters. The van der Waals surface area contributed by atoms with E-state index in [-0.39, 0.29) is 42.0 Å². The topological polar surface area (TPSA) is 85.6 Å². The second-order valence-electron chi connectivity index (χ2n) is 9.57. The molecule has 2 bridgehead atoms. The van der Waals surface area contributed by atoms with E-state index in [4.69, 9.17) is 4.74 Å². The number of carbonyl (C=O) groups excluding carboxylic acids is 1. The molecule has 0 saturated heterocycles. The van der Waals surface area contributed by atoms with E-state index < -0.39 is 36.1 Å². The number of alkyl halides is 6. The molecule has 1 aromatic heterocycles. The van der Waals surface area contributed by atoms with Crippen LogP contribution in [0.1, 0.15) is 37.7 Å². The fourth-order valence-electron chi connectivity index (χ4n) is 5.25. The van der Waals surface area contributed by atoms with E-state index in [9.17, 15) is 36.2 Å². The maximum atomic E-state index is 12.8. The van der Waals surface area contributed by atoms with Crippen molar-refractivity contribution in [2.75, 3.05) is 6.61 Å². The first kappa shape index (κ1) is 23.9. The summed E-state index contributed by atoms with van der Waals surface area (Å²) in [5.74, 6) is -0.867. The molecule has 0 aliphatic heterocycles. The van der Waals surface area contributed by atoms with E-state index in [1.807, 2.05) is 4.57 Å². The van der Waals surface area contributed by atoms with E-state index in [0.29, 0.717) is 31.0 Å². The van der Waals surface area contributed by atoms with Crippen LogP contribution < -0.4 is 5.32 Å². The van der Waals surface area contributed by atoms with Gasteiger partial charge < -0.3 is 19.7 Å². The van der Waals surface area contributed by atoms with Crippen LogP contribution in [0.15, 0.2) is 30.7 Å². The fourth-order valence-corrected chi connectivity index (χ4v) is 5.25. The predicted molar refractivity (Wildman–Crippen MR) is 107 cm³/mol. The molecular formula is C22H21F6N3O4. The summed E-state index contributed by atoms with van der Waals surface area (Å²) in [5.41, 5.74) is -1.09. The number of carbonyl (C=O) groups is 1. The number of phenols is 1. The fraction of sp³-hybridized carbons (Fsp3) is 0.545. The zero-order valence-corrected chi connectivity index (χ0v) is 18.1. The highest BCUT2D eigenvalue weighted by Gasteiger charge is 2.69. The highest BCUT2D eigenvalue weighted by atomic mass is 19.4. The first-order valence-electron chi connectivity index (χ1n) is 10.9. The van der Waals surface area contributed by atoms with E-state index in [2.05, 4.69) is 15.0 Å². The van der Waals surface area contributed by atoms with Crippen molar-refractivity contribution in [3.8, 4) is 17.0 Å². The zero-order chi connectivity index (χ0) is 25.2. The summed E-state index contributed by atoms with van der Waals surface area (Å²) in [6.07, 6.45) is -5.36. The quantitative estimate of drug-likeness (QED) is 0.554. The van der Waals surface area contributed by atoms with Crippen LogP contribution >= 0.6 is 0 Å². The molecule has 4 aliphatic carbocycles. The van der Waals surface area contributed by atoms with Crippen LogP contribution in [0.3, 0.4) is 0 Å². The van der Waals surface area contributed by atoms with Gasteiger partial charge in [-0.15, -0.1) is 13.2 Å². The maximum absolute atomic E-state index is 12.8. The smallest absolute Gasteiger partial charge is 0.507 e. The molecule has 4 fully saturated rings. The average Bonchev–Trinajstić information content (AvgIpc) is 3.13. The summed E-state index contributed by atoms with van der Waals surface area (Å²) in [4.78, 5) is 16.4. The lowest BCUT2D eigenvalue weighted by atomic mass is 9.44. The Morgan fingerprint density at radius 1 is 1.14 bits per heavy atom. The lowest BCUT2D eigenvalue weighted by molar-refractivity contribution is -0.357. The number of phenolic OH excluding ortho intramolecular Hbond substituents is 1. The van der Waals surface area contributed by atoms with Gasteiger partial charge in [0, 0.05) is 30.1 Å². The predicted octanol–water partition coefficient (Wildman–Crippen LogP) is 4.11. The number of amides is 1. The largest absolute Gasteiger partial charge is 0.522 e. The van der Waals surface area contributed by atoms with E-state index in [1.165, 1.54) is 6.07 Å². The monoisotopic (exact) mass is 505 g/mol. The van der Waals surface area contributed by atoms with Crippen molar-refractivity contribution in [1.82, 2.24) is 14.9 Å². The first-order chi connectivity index (χ1) is 16.3. The average molecular weight is 505 g/mol. The Bertz CT molecular complexity index is 1120. The van der Waals surface area contributed by atoms with Gasteiger partial charge in [0.05, 0.1) is 35.3 Å². The Kier molecular flexibility index (Phi) is 5.37. The highest BCUT2D eigenvalue weighted by molar-refractivity contribution is 5.79. The Balaban J connectivity index is 1.10. The van der Waals surface area contributed by atoms with Gasteiger partial charge in [0.2, 0.25) is 5.91 Å². The summed E-state index contributed by atoms with van der Waals surface area (Å²) < 4.78 is 85.9. The lowest BCUT2D eigenvalue weighted by Gasteiger charge is -2.70. The van der Waals surface area contributed by atoms with E-state index in [1.54, 1.807) is 12.5 Å². The molecule has 2 N–H and O–H groups in total. The van der Waals surface area contributed by atoms with Crippen molar-refractivity contribution in [2.45, 2.75) is 67.9 Å². The summed E-state index contributed by atoms with van der Waals surface area (Å²) in [6.45, 7) is -0.249. The minimum Gasteiger partial charge on any atom is -0.507 e. The SMILES string of the molecule is O=C(CO[C@H]1C[C@@H](OC(F)(F)F)C1)NC12CC(n3cnc(-c4ccc(C(F)(F)F)cc4O)c3)(C1)C2.